The van der Waals surface area contributed by atoms with E-state index in [0.717, 1.165) is 12.6 Å². The maximum absolute atomic E-state index is 5.62. The monoisotopic (exact) mass is 155 g/mol. The molecule has 0 unspecified atom stereocenters. The van der Waals surface area contributed by atoms with E-state index in [-0.39, 0.29) is 0 Å². The minimum absolute atomic E-state index is 0.544. The predicted octanol–water partition coefficient (Wildman–Crippen LogP) is 1.26. The van der Waals surface area contributed by atoms with Crippen molar-refractivity contribution in [1.82, 2.24) is 4.90 Å². The summed E-state index contributed by atoms with van der Waals surface area (Å²) >= 11 is 0. The lowest BCUT2D eigenvalue weighted by Crippen LogP contribution is -2.56. The van der Waals surface area contributed by atoms with Crippen molar-refractivity contribution in [1.29, 1.82) is 0 Å². The van der Waals surface area contributed by atoms with Crippen LogP contribution in [-0.4, -0.2) is 36.2 Å². The number of piperidine rings is 1. The van der Waals surface area contributed by atoms with Gasteiger partial charge < -0.3 is 4.74 Å². The molecular weight excluding hydrogens is 138 g/mol. The topological polar surface area (TPSA) is 12.5 Å². The van der Waals surface area contributed by atoms with E-state index in [2.05, 4.69) is 18.7 Å². The maximum Gasteiger partial charge on any atom is 0.0703 e. The van der Waals surface area contributed by atoms with Crippen LogP contribution in [0.15, 0.2) is 0 Å². The van der Waals surface area contributed by atoms with Crippen LogP contribution in [0.5, 0.6) is 0 Å². The number of hydrogen-bond donors (Lipinski definition) is 0. The number of hydrogen-bond acceptors (Lipinski definition) is 2. The lowest BCUT2D eigenvalue weighted by Gasteiger charge is -2.47. The van der Waals surface area contributed by atoms with Gasteiger partial charge in [-0.15, -0.1) is 0 Å². The van der Waals surface area contributed by atoms with E-state index < -0.39 is 0 Å². The molecule has 3 aliphatic rings. The third kappa shape index (κ3) is 1.30. The van der Waals surface area contributed by atoms with E-state index in [0.29, 0.717) is 12.1 Å². The van der Waals surface area contributed by atoms with Crippen molar-refractivity contribution in [3.8, 4) is 0 Å². The molecule has 0 aromatic carbocycles. The zero-order valence-corrected chi connectivity index (χ0v) is 7.42. The average molecular weight is 155 g/mol. The summed E-state index contributed by atoms with van der Waals surface area (Å²) in [5.74, 6) is 0. The van der Waals surface area contributed by atoms with Crippen molar-refractivity contribution in [2.75, 3.05) is 13.2 Å². The van der Waals surface area contributed by atoms with Crippen molar-refractivity contribution in [2.24, 2.45) is 0 Å². The summed E-state index contributed by atoms with van der Waals surface area (Å²) in [5, 5.41) is 0. The van der Waals surface area contributed by atoms with Crippen molar-refractivity contribution in [3.63, 3.8) is 0 Å². The highest BCUT2D eigenvalue weighted by atomic mass is 16.5. The number of morpholine rings is 1. The molecule has 3 rings (SSSR count). The molecule has 0 radical (unpaired) electrons. The summed E-state index contributed by atoms with van der Waals surface area (Å²) in [6.07, 6.45) is 3.18. The highest BCUT2D eigenvalue weighted by Gasteiger charge is 2.35. The third-order valence-corrected chi connectivity index (χ3v) is 2.89. The molecule has 0 N–H and O–H groups in total. The molecule has 2 bridgehead atoms. The van der Waals surface area contributed by atoms with Gasteiger partial charge in [0.15, 0.2) is 0 Å². The number of nitrogens with zero attached hydrogens (tertiary/aromatic N) is 1. The first-order chi connectivity index (χ1) is 5.27. The summed E-state index contributed by atoms with van der Waals surface area (Å²) in [6.45, 7) is 6.70. The summed E-state index contributed by atoms with van der Waals surface area (Å²) in [7, 11) is 0. The quantitative estimate of drug-likeness (QED) is 0.565. The Labute approximate surface area is 68.5 Å². The minimum Gasteiger partial charge on any atom is -0.375 e. The molecule has 3 aliphatic heterocycles. The summed E-state index contributed by atoms with van der Waals surface area (Å²) < 4.78 is 5.62. The van der Waals surface area contributed by atoms with Crippen LogP contribution in [-0.2, 0) is 4.74 Å². The smallest absolute Gasteiger partial charge is 0.0703 e. The lowest BCUT2D eigenvalue weighted by atomic mass is 9.96. The van der Waals surface area contributed by atoms with E-state index in [1.165, 1.54) is 19.4 Å². The van der Waals surface area contributed by atoms with Gasteiger partial charge in [-0.1, -0.05) is 0 Å². The molecule has 3 saturated heterocycles. The molecule has 0 aliphatic carbocycles. The fraction of sp³-hybridized carbons (Fsp3) is 1.00. The van der Waals surface area contributed by atoms with Gasteiger partial charge in [0.2, 0.25) is 0 Å². The Bertz CT molecular complexity index is 138. The zero-order valence-electron chi connectivity index (χ0n) is 7.42. The van der Waals surface area contributed by atoms with Gasteiger partial charge in [0, 0.05) is 18.6 Å². The molecule has 2 atom stereocenters. The standard InChI is InChI=1S/C9H17NO/c1-7(2)10-5-9-4-3-8(10)6-11-9/h7-9H,3-6H2,1-2H3/t8-,9-/m1/s1. The maximum atomic E-state index is 5.62. The van der Waals surface area contributed by atoms with Crippen LogP contribution in [0, 0.1) is 0 Å². The molecule has 2 nitrogen and oxygen atoms in total. The third-order valence-electron chi connectivity index (χ3n) is 2.89. The second-order valence-electron chi connectivity index (χ2n) is 3.98. The van der Waals surface area contributed by atoms with Crippen LogP contribution in [0.1, 0.15) is 26.7 Å². The van der Waals surface area contributed by atoms with Gasteiger partial charge >= 0.3 is 0 Å². The van der Waals surface area contributed by atoms with Crippen molar-refractivity contribution >= 4 is 0 Å². The molecule has 3 heterocycles. The van der Waals surface area contributed by atoms with Crippen molar-refractivity contribution < 1.29 is 4.74 Å². The molecule has 0 spiro atoms. The molecule has 0 aromatic rings. The second kappa shape index (κ2) is 2.76. The Morgan fingerprint density at radius 1 is 1.36 bits per heavy atom. The van der Waals surface area contributed by atoms with Gasteiger partial charge in [0.25, 0.3) is 0 Å². The molecule has 0 aromatic heterocycles. The van der Waals surface area contributed by atoms with Crippen LogP contribution < -0.4 is 0 Å². The summed E-state index contributed by atoms with van der Waals surface area (Å²) in [4.78, 5) is 2.58. The van der Waals surface area contributed by atoms with Crippen molar-refractivity contribution in [3.05, 3.63) is 0 Å². The first-order valence-corrected chi connectivity index (χ1v) is 4.64. The normalized spacial score (nSPS) is 38.5. The molecule has 2 heteroatoms. The Morgan fingerprint density at radius 2 is 2.18 bits per heavy atom. The van der Waals surface area contributed by atoms with Crippen LogP contribution in [0.2, 0.25) is 0 Å². The molecule has 3 fully saturated rings. The zero-order chi connectivity index (χ0) is 7.84. The largest absolute Gasteiger partial charge is 0.375 e. The first kappa shape index (κ1) is 7.56. The second-order valence-corrected chi connectivity index (χ2v) is 3.98. The van der Waals surface area contributed by atoms with Gasteiger partial charge in [-0.05, 0) is 26.7 Å². The number of fused-ring (bicyclic) bond motifs is 3. The fourth-order valence-electron chi connectivity index (χ4n) is 2.21. The van der Waals surface area contributed by atoms with E-state index in [4.69, 9.17) is 4.74 Å². The Balaban J connectivity index is 2.03. The molecule has 64 valence electrons. The van der Waals surface area contributed by atoms with Gasteiger partial charge in [-0.3, -0.25) is 4.90 Å². The summed E-state index contributed by atoms with van der Waals surface area (Å²) in [5.41, 5.74) is 0. The highest BCUT2D eigenvalue weighted by molar-refractivity contribution is 4.88. The minimum atomic E-state index is 0.544. The van der Waals surface area contributed by atoms with Crippen LogP contribution >= 0.6 is 0 Å². The van der Waals surface area contributed by atoms with E-state index in [1.54, 1.807) is 0 Å². The van der Waals surface area contributed by atoms with Crippen LogP contribution in [0.4, 0.5) is 0 Å². The molecule has 0 amide bonds. The Kier molecular flexibility index (Phi) is 1.90. The SMILES string of the molecule is CC(C)N1C[C@H]2CC[C@@H]1CO2. The van der Waals surface area contributed by atoms with Crippen LogP contribution in [0.25, 0.3) is 0 Å². The van der Waals surface area contributed by atoms with Gasteiger partial charge in [0.05, 0.1) is 12.7 Å². The molecular formula is C9H17NO. The van der Waals surface area contributed by atoms with Crippen LogP contribution in [0.3, 0.4) is 0 Å². The Hall–Kier alpha value is -0.0800. The average Bonchev–Trinajstić information content (AvgIpc) is 2.06. The molecule has 0 saturated carbocycles. The van der Waals surface area contributed by atoms with E-state index in [9.17, 15) is 0 Å². The summed E-state index contributed by atoms with van der Waals surface area (Å²) in [6, 6.07) is 1.42. The number of rotatable bonds is 1. The predicted molar refractivity (Wildman–Crippen MR) is 44.6 cm³/mol. The van der Waals surface area contributed by atoms with Crippen molar-refractivity contribution in [2.45, 2.75) is 44.9 Å². The van der Waals surface area contributed by atoms with E-state index in [1.807, 2.05) is 0 Å². The van der Waals surface area contributed by atoms with Gasteiger partial charge in [-0.25, -0.2) is 0 Å². The molecule has 11 heavy (non-hydrogen) atoms. The van der Waals surface area contributed by atoms with Gasteiger partial charge in [0.1, 0.15) is 0 Å². The highest BCUT2D eigenvalue weighted by Crippen LogP contribution is 2.27. The van der Waals surface area contributed by atoms with Gasteiger partial charge in [-0.2, -0.15) is 0 Å². The number of ether oxygens (including phenoxy) is 1. The first-order valence-electron chi connectivity index (χ1n) is 4.64. The Morgan fingerprint density at radius 3 is 2.45 bits per heavy atom. The van der Waals surface area contributed by atoms with E-state index >= 15 is 0 Å². The lowest BCUT2D eigenvalue weighted by molar-refractivity contribution is -0.115. The fourth-order valence-corrected chi connectivity index (χ4v) is 2.21.